The number of hydrogen-bond acceptors (Lipinski definition) is 4. The number of aryl methyl sites for hydroxylation is 1. The molecule has 0 aliphatic rings. The molecule has 2 amide bonds. The van der Waals surface area contributed by atoms with Gasteiger partial charge in [0.25, 0.3) is 11.8 Å². The second-order valence-electron chi connectivity index (χ2n) is 5.95. The lowest BCUT2D eigenvalue weighted by molar-refractivity contribution is -0.128. The summed E-state index contributed by atoms with van der Waals surface area (Å²) in [6.07, 6.45) is 3.77. The van der Waals surface area contributed by atoms with Crippen LogP contribution in [0.5, 0.6) is 5.75 Å². The predicted octanol–water partition coefficient (Wildman–Crippen LogP) is 3.34. The number of furan rings is 1. The molecule has 0 aliphatic heterocycles. The van der Waals surface area contributed by atoms with Crippen LogP contribution in [0.4, 0.5) is 0 Å². The summed E-state index contributed by atoms with van der Waals surface area (Å²) >= 11 is 0. The van der Waals surface area contributed by atoms with E-state index in [9.17, 15) is 9.59 Å². The van der Waals surface area contributed by atoms with E-state index in [2.05, 4.69) is 24.7 Å². The van der Waals surface area contributed by atoms with E-state index >= 15 is 0 Å². The third-order valence-corrected chi connectivity index (χ3v) is 3.91. The van der Waals surface area contributed by atoms with Gasteiger partial charge in [-0.25, -0.2) is 0 Å². The van der Waals surface area contributed by atoms with Gasteiger partial charge in [0.1, 0.15) is 17.3 Å². The van der Waals surface area contributed by atoms with Gasteiger partial charge in [0.2, 0.25) is 0 Å². The molecule has 1 aromatic heterocycles. The maximum atomic E-state index is 11.9. The van der Waals surface area contributed by atoms with Crippen LogP contribution in [0.1, 0.15) is 43.3 Å². The van der Waals surface area contributed by atoms with Crippen LogP contribution in [-0.2, 0) is 9.59 Å². The van der Waals surface area contributed by atoms with Crippen molar-refractivity contribution < 1.29 is 18.7 Å². The minimum Gasteiger partial charge on any atom is -0.483 e. The molecular weight excluding hydrogens is 332 g/mol. The SMILES string of the molecule is CCC(C)c1ccccc1OCC(=O)NNC(=O)/C=C/c1ccc(C)o1. The molecule has 1 atom stereocenters. The Balaban J connectivity index is 1.79. The maximum absolute atomic E-state index is 11.9. The summed E-state index contributed by atoms with van der Waals surface area (Å²) in [6, 6.07) is 11.2. The smallest absolute Gasteiger partial charge is 0.276 e. The minimum absolute atomic E-state index is 0.186. The van der Waals surface area contributed by atoms with Gasteiger partial charge in [-0.1, -0.05) is 32.0 Å². The molecular formula is C20H24N2O4. The van der Waals surface area contributed by atoms with Gasteiger partial charge in [-0.3, -0.25) is 20.4 Å². The van der Waals surface area contributed by atoms with E-state index in [1.54, 1.807) is 12.1 Å². The molecule has 1 aromatic carbocycles. The van der Waals surface area contributed by atoms with E-state index in [1.165, 1.54) is 12.2 Å². The topological polar surface area (TPSA) is 80.6 Å². The molecule has 0 radical (unpaired) electrons. The zero-order valence-electron chi connectivity index (χ0n) is 15.2. The molecule has 2 rings (SSSR count). The summed E-state index contributed by atoms with van der Waals surface area (Å²) in [5.74, 6) is 1.43. The quantitative estimate of drug-likeness (QED) is 0.589. The standard InChI is InChI=1S/C20H24N2O4/c1-4-14(2)17-7-5-6-8-18(17)25-13-20(24)22-21-19(23)12-11-16-10-9-15(3)26-16/h5-12,14H,4,13H2,1-3H3,(H,21,23)(H,22,24)/b12-11+. The molecule has 0 fully saturated rings. The first-order valence-electron chi connectivity index (χ1n) is 8.54. The van der Waals surface area contributed by atoms with Gasteiger partial charge in [0.05, 0.1) is 0 Å². The largest absolute Gasteiger partial charge is 0.483 e. The third kappa shape index (κ3) is 5.81. The van der Waals surface area contributed by atoms with E-state index in [4.69, 9.17) is 9.15 Å². The first-order valence-corrected chi connectivity index (χ1v) is 8.54. The van der Waals surface area contributed by atoms with Crippen molar-refractivity contribution in [2.24, 2.45) is 0 Å². The highest BCUT2D eigenvalue weighted by atomic mass is 16.5. The third-order valence-electron chi connectivity index (χ3n) is 3.91. The van der Waals surface area contributed by atoms with Crippen molar-refractivity contribution in [1.82, 2.24) is 10.9 Å². The minimum atomic E-state index is -0.465. The van der Waals surface area contributed by atoms with Crippen LogP contribution in [0.3, 0.4) is 0 Å². The number of hydrazine groups is 1. The molecule has 0 bridgehead atoms. The number of carbonyl (C=O) groups is 2. The summed E-state index contributed by atoms with van der Waals surface area (Å²) in [7, 11) is 0. The normalized spacial score (nSPS) is 12.0. The van der Waals surface area contributed by atoms with Gasteiger partial charge in [-0.05, 0) is 49.1 Å². The average molecular weight is 356 g/mol. The van der Waals surface area contributed by atoms with Crippen molar-refractivity contribution in [3.05, 3.63) is 59.6 Å². The molecule has 0 aliphatic carbocycles. The lowest BCUT2D eigenvalue weighted by Crippen LogP contribution is -2.43. The fourth-order valence-corrected chi connectivity index (χ4v) is 2.29. The molecule has 6 nitrogen and oxygen atoms in total. The number of carbonyl (C=O) groups excluding carboxylic acids is 2. The molecule has 0 spiro atoms. The number of rotatable bonds is 7. The average Bonchev–Trinajstić information content (AvgIpc) is 3.07. The molecule has 1 heterocycles. The zero-order chi connectivity index (χ0) is 18.9. The van der Waals surface area contributed by atoms with Crippen molar-refractivity contribution in [2.75, 3.05) is 6.61 Å². The molecule has 2 aromatic rings. The second-order valence-corrected chi connectivity index (χ2v) is 5.95. The van der Waals surface area contributed by atoms with Crippen LogP contribution in [0.15, 0.2) is 46.9 Å². The van der Waals surface area contributed by atoms with Crippen molar-refractivity contribution in [2.45, 2.75) is 33.1 Å². The van der Waals surface area contributed by atoms with Crippen molar-refractivity contribution >= 4 is 17.9 Å². The van der Waals surface area contributed by atoms with Crippen molar-refractivity contribution in [1.29, 1.82) is 0 Å². The zero-order valence-corrected chi connectivity index (χ0v) is 15.2. The molecule has 0 saturated heterocycles. The summed E-state index contributed by atoms with van der Waals surface area (Å²) < 4.78 is 10.9. The maximum Gasteiger partial charge on any atom is 0.276 e. The Kier molecular flexibility index (Phi) is 7.02. The van der Waals surface area contributed by atoms with E-state index < -0.39 is 11.8 Å². The predicted molar refractivity (Wildman–Crippen MR) is 99.4 cm³/mol. The molecule has 138 valence electrons. The van der Waals surface area contributed by atoms with Gasteiger partial charge in [0.15, 0.2) is 6.61 Å². The summed E-state index contributed by atoms with van der Waals surface area (Å²) in [5, 5.41) is 0. The van der Waals surface area contributed by atoms with Gasteiger partial charge in [-0.2, -0.15) is 0 Å². The van der Waals surface area contributed by atoms with Crippen LogP contribution in [0.25, 0.3) is 6.08 Å². The number of amides is 2. The van der Waals surface area contributed by atoms with E-state index in [0.717, 1.165) is 17.7 Å². The second kappa shape index (κ2) is 9.46. The number of benzene rings is 1. The first-order chi connectivity index (χ1) is 12.5. The Labute approximate surface area is 153 Å². The monoisotopic (exact) mass is 356 g/mol. The Morgan fingerprint density at radius 3 is 2.65 bits per heavy atom. The lowest BCUT2D eigenvalue weighted by Gasteiger charge is -2.15. The fraction of sp³-hybridized carbons (Fsp3) is 0.300. The molecule has 26 heavy (non-hydrogen) atoms. The number of hydrogen-bond donors (Lipinski definition) is 2. The highest BCUT2D eigenvalue weighted by molar-refractivity contribution is 5.92. The highest BCUT2D eigenvalue weighted by Crippen LogP contribution is 2.28. The van der Waals surface area contributed by atoms with Crippen LogP contribution in [0.2, 0.25) is 0 Å². The first kappa shape index (κ1) is 19.3. The Morgan fingerprint density at radius 2 is 1.96 bits per heavy atom. The van der Waals surface area contributed by atoms with Crippen LogP contribution in [0, 0.1) is 6.92 Å². The van der Waals surface area contributed by atoms with Crippen LogP contribution >= 0.6 is 0 Å². The molecule has 0 saturated carbocycles. The fourth-order valence-electron chi connectivity index (χ4n) is 2.29. The van der Waals surface area contributed by atoms with Gasteiger partial charge in [-0.15, -0.1) is 0 Å². The number of para-hydroxylation sites is 1. The lowest BCUT2D eigenvalue weighted by atomic mass is 9.98. The molecule has 6 heteroatoms. The Morgan fingerprint density at radius 1 is 1.19 bits per heavy atom. The summed E-state index contributed by atoms with van der Waals surface area (Å²) in [4.78, 5) is 23.5. The molecule has 2 N–H and O–H groups in total. The van der Waals surface area contributed by atoms with Crippen molar-refractivity contribution in [3.8, 4) is 5.75 Å². The van der Waals surface area contributed by atoms with E-state index in [1.807, 2.05) is 31.2 Å². The highest BCUT2D eigenvalue weighted by Gasteiger charge is 2.11. The Bertz CT molecular complexity index is 780. The van der Waals surface area contributed by atoms with E-state index in [0.29, 0.717) is 17.4 Å². The van der Waals surface area contributed by atoms with Gasteiger partial charge >= 0.3 is 0 Å². The van der Waals surface area contributed by atoms with Gasteiger partial charge in [0, 0.05) is 6.08 Å². The van der Waals surface area contributed by atoms with Gasteiger partial charge < -0.3 is 9.15 Å². The molecule has 1 unspecified atom stereocenters. The number of nitrogens with one attached hydrogen (secondary N) is 2. The van der Waals surface area contributed by atoms with Crippen molar-refractivity contribution in [3.63, 3.8) is 0 Å². The van der Waals surface area contributed by atoms with Crippen LogP contribution in [-0.4, -0.2) is 18.4 Å². The Hall–Kier alpha value is -3.02. The number of ether oxygens (including phenoxy) is 1. The van der Waals surface area contributed by atoms with Crippen LogP contribution < -0.4 is 15.6 Å². The summed E-state index contributed by atoms with van der Waals surface area (Å²) in [6.45, 7) is 5.84. The summed E-state index contributed by atoms with van der Waals surface area (Å²) in [5.41, 5.74) is 5.67. The van der Waals surface area contributed by atoms with E-state index in [-0.39, 0.29) is 6.61 Å².